The Hall–Kier alpha value is -3.10. The second-order valence-corrected chi connectivity index (χ2v) is 16.7. The van der Waals surface area contributed by atoms with Gasteiger partial charge in [0.2, 0.25) is 0 Å². The number of unbranched alkanes of at least 4 members (excludes halogenated alkanes) is 27. The van der Waals surface area contributed by atoms with Crippen molar-refractivity contribution >= 4 is 22.8 Å². The lowest BCUT2D eigenvalue weighted by Gasteiger charge is -2.11. The minimum Gasteiger partial charge on any atom is -0.252 e. The number of hydrogen-bond acceptors (Lipinski definition) is 2. The monoisotopic (exact) mass is 775 g/mol. The Morgan fingerprint density at radius 3 is 0.947 bits per heavy atom. The highest BCUT2D eigenvalue weighted by atomic mass is 14.8. The standard InChI is InChI=1S/C55H86N2/c1-5-9-13-15-17-19-21-23-25-27-29-31-33-36-38-50-42-46-52(47-43-50)56-54(40-12-8-4)55(41-35-11-7-3)57-53-48-44-51(45-49-53)39-37-34-32-30-28-26-24-22-20-18-16-14-10-6-2/h42-49H,5-35,40-41H2,1-4H3. The van der Waals surface area contributed by atoms with Crippen molar-refractivity contribution in [2.45, 2.75) is 240 Å². The van der Waals surface area contributed by atoms with E-state index in [2.05, 4.69) is 99.9 Å². The molecule has 0 amide bonds. The molecule has 57 heavy (non-hydrogen) atoms. The van der Waals surface area contributed by atoms with E-state index in [1.54, 1.807) is 0 Å². The molecule has 316 valence electrons. The fourth-order valence-corrected chi connectivity index (χ4v) is 7.40. The molecule has 0 N–H and O–H groups in total. The quantitative estimate of drug-likeness (QED) is 0.0384. The maximum Gasteiger partial charge on any atom is 0.0634 e. The first-order chi connectivity index (χ1) is 28.2. The summed E-state index contributed by atoms with van der Waals surface area (Å²) in [4.78, 5) is 10.4. The molecule has 0 aliphatic rings. The molecule has 2 aromatic rings. The van der Waals surface area contributed by atoms with Crippen LogP contribution in [0, 0.1) is 23.7 Å². The van der Waals surface area contributed by atoms with Crippen LogP contribution in [0.5, 0.6) is 0 Å². The van der Waals surface area contributed by atoms with E-state index >= 15 is 0 Å². The minimum absolute atomic E-state index is 0.949. The molecule has 2 nitrogen and oxygen atoms in total. The van der Waals surface area contributed by atoms with Gasteiger partial charge in [-0.25, -0.2) is 0 Å². The average Bonchev–Trinajstić information content (AvgIpc) is 3.23. The van der Waals surface area contributed by atoms with Gasteiger partial charge in [-0.2, -0.15) is 0 Å². The summed E-state index contributed by atoms with van der Waals surface area (Å²) in [5, 5.41) is 0. The minimum atomic E-state index is 0.949. The highest BCUT2D eigenvalue weighted by Gasteiger charge is 2.11. The fraction of sp³-hybridized carbons (Fsp3) is 0.673. The lowest BCUT2D eigenvalue weighted by atomic mass is 10.0. The largest absolute Gasteiger partial charge is 0.252 e. The first-order valence-electron chi connectivity index (χ1n) is 24.5. The van der Waals surface area contributed by atoms with Gasteiger partial charge in [-0.05, 0) is 87.1 Å². The molecule has 0 aliphatic carbocycles. The molecule has 0 fully saturated rings. The summed E-state index contributed by atoms with van der Waals surface area (Å²) in [5.41, 5.74) is 6.42. The second-order valence-electron chi connectivity index (χ2n) is 16.7. The van der Waals surface area contributed by atoms with Gasteiger partial charge in [-0.3, -0.25) is 9.98 Å². The van der Waals surface area contributed by atoms with Crippen molar-refractivity contribution in [2.75, 3.05) is 0 Å². The molecule has 0 radical (unpaired) electrons. The van der Waals surface area contributed by atoms with Gasteiger partial charge in [0.25, 0.3) is 0 Å². The van der Waals surface area contributed by atoms with E-state index in [4.69, 9.17) is 9.98 Å². The van der Waals surface area contributed by atoms with Crippen LogP contribution in [0.4, 0.5) is 11.4 Å². The van der Waals surface area contributed by atoms with Crippen molar-refractivity contribution in [1.29, 1.82) is 0 Å². The third-order valence-electron chi connectivity index (χ3n) is 11.2. The van der Waals surface area contributed by atoms with Crippen molar-refractivity contribution < 1.29 is 0 Å². The van der Waals surface area contributed by atoms with Crippen molar-refractivity contribution in [3.8, 4) is 23.7 Å². The van der Waals surface area contributed by atoms with Crippen LogP contribution in [0.15, 0.2) is 58.5 Å². The molecule has 0 atom stereocenters. The molecule has 2 aromatic carbocycles. The molecule has 0 saturated heterocycles. The molecule has 2 rings (SSSR count). The summed E-state index contributed by atoms with van der Waals surface area (Å²) >= 11 is 0. The van der Waals surface area contributed by atoms with Crippen LogP contribution in [0.1, 0.15) is 251 Å². The number of aliphatic imine (C=N–C) groups is 2. The predicted molar refractivity (Wildman–Crippen MR) is 256 cm³/mol. The summed E-state index contributed by atoms with van der Waals surface area (Å²) in [7, 11) is 0. The highest BCUT2D eigenvalue weighted by Crippen LogP contribution is 2.21. The zero-order valence-corrected chi connectivity index (χ0v) is 37.8. The zero-order valence-electron chi connectivity index (χ0n) is 37.8. The fourth-order valence-electron chi connectivity index (χ4n) is 7.40. The third kappa shape index (κ3) is 28.1. The summed E-state index contributed by atoms with van der Waals surface area (Å²) in [6.07, 6.45) is 42.8. The van der Waals surface area contributed by atoms with Gasteiger partial charge in [0, 0.05) is 24.0 Å². The Kier molecular flexibility index (Phi) is 32.7. The van der Waals surface area contributed by atoms with Crippen molar-refractivity contribution in [1.82, 2.24) is 0 Å². The molecule has 0 heterocycles. The van der Waals surface area contributed by atoms with E-state index in [1.807, 2.05) is 0 Å². The normalized spacial score (nSPS) is 11.6. The number of rotatable bonds is 34. The Bertz CT molecular complexity index is 1410. The lowest BCUT2D eigenvalue weighted by Crippen LogP contribution is -2.14. The summed E-state index contributed by atoms with van der Waals surface area (Å²) in [6, 6.07) is 17.1. The van der Waals surface area contributed by atoms with Gasteiger partial charge in [-0.15, -0.1) is 0 Å². The molecular formula is C55H86N2. The van der Waals surface area contributed by atoms with Crippen molar-refractivity contribution in [3.05, 3.63) is 59.7 Å². The third-order valence-corrected chi connectivity index (χ3v) is 11.2. The van der Waals surface area contributed by atoms with Crippen LogP contribution in [0.2, 0.25) is 0 Å². The van der Waals surface area contributed by atoms with Crippen LogP contribution in [-0.2, 0) is 0 Å². The SMILES string of the molecule is CCCCCCCCCCCCCCC#Cc1ccc(N=C(CCCC)C(CCCCC)=Nc2ccc(C#CCCCCCCCCCCCCCC)cc2)cc1. The van der Waals surface area contributed by atoms with Crippen molar-refractivity contribution in [3.63, 3.8) is 0 Å². The molecule has 0 aliphatic heterocycles. The van der Waals surface area contributed by atoms with Crippen LogP contribution in [0.25, 0.3) is 0 Å². The highest BCUT2D eigenvalue weighted by molar-refractivity contribution is 6.43. The molecule has 0 bridgehead atoms. The summed E-state index contributed by atoms with van der Waals surface area (Å²) in [5.74, 6) is 13.6. The Balaban J connectivity index is 1.86. The van der Waals surface area contributed by atoms with E-state index in [0.29, 0.717) is 0 Å². The number of nitrogens with zero attached hydrogens (tertiary/aromatic N) is 2. The van der Waals surface area contributed by atoms with E-state index < -0.39 is 0 Å². The maximum absolute atomic E-state index is 5.23. The lowest BCUT2D eigenvalue weighted by molar-refractivity contribution is 0.545. The molecule has 2 heteroatoms. The van der Waals surface area contributed by atoms with Gasteiger partial charge >= 0.3 is 0 Å². The molecule has 0 saturated carbocycles. The van der Waals surface area contributed by atoms with Crippen molar-refractivity contribution in [2.24, 2.45) is 9.98 Å². The topological polar surface area (TPSA) is 24.7 Å². The summed E-state index contributed by atoms with van der Waals surface area (Å²) in [6.45, 7) is 9.11. The van der Waals surface area contributed by atoms with Crippen LogP contribution in [-0.4, -0.2) is 11.4 Å². The molecular weight excluding hydrogens is 689 g/mol. The number of benzene rings is 2. The van der Waals surface area contributed by atoms with Crippen LogP contribution >= 0.6 is 0 Å². The maximum atomic E-state index is 5.23. The molecule has 0 unspecified atom stereocenters. The van der Waals surface area contributed by atoms with Crippen LogP contribution < -0.4 is 0 Å². The summed E-state index contributed by atoms with van der Waals surface area (Å²) < 4.78 is 0. The number of hydrogen-bond donors (Lipinski definition) is 0. The second kappa shape index (κ2) is 37.2. The van der Waals surface area contributed by atoms with E-state index in [-0.39, 0.29) is 0 Å². The zero-order chi connectivity index (χ0) is 40.7. The van der Waals surface area contributed by atoms with Crippen LogP contribution in [0.3, 0.4) is 0 Å². The Morgan fingerprint density at radius 1 is 0.333 bits per heavy atom. The molecule has 0 spiro atoms. The molecule has 0 aromatic heterocycles. The first-order valence-corrected chi connectivity index (χ1v) is 24.5. The Labute approximate surface area is 354 Å². The smallest absolute Gasteiger partial charge is 0.0634 e. The van der Waals surface area contributed by atoms with Gasteiger partial charge < -0.3 is 0 Å². The van der Waals surface area contributed by atoms with Gasteiger partial charge in [0.15, 0.2) is 0 Å². The van der Waals surface area contributed by atoms with Gasteiger partial charge in [0.1, 0.15) is 0 Å². The average molecular weight is 775 g/mol. The first kappa shape index (κ1) is 50.0. The predicted octanol–water partition coefficient (Wildman–Crippen LogP) is 18.2. The van der Waals surface area contributed by atoms with Gasteiger partial charge in [0.05, 0.1) is 22.8 Å². The Morgan fingerprint density at radius 2 is 0.614 bits per heavy atom. The van der Waals surface area contributed by atoms with E-state index in [0.717, 1.165) is 78.9 Å². The van der Waals surface area contributed by atoms with E-state index in [1.165, 1.54) is 167 Å². The van der Waals surface area contributed by atoms with Gasteiger partial charge in [-0.1, -0.05) is 212 Å². The van der Waals surface area contributed by atoms with E-state index in [9.17, 15) is 0 Å².